The number of piperazine rings is 1. The number of nitrogens with two attached hydrogens (primary N) is 1. The fourth-order valence-electron chi connectivity index (χ4n) is 2.97. The molecule has 8 nitrogen and oxygen atoms in total. The highest BCUT2D eigenvalue weighted by atomic mass is 35.5. The molecule has 1 saturated heterocycles. The highest BCUT2D eigenvalue weighted by Gasteiger charge is 2.30. The number of carbonyl (C=O) groups excluding carboxylic acids is 2. The summed E-state index contributed by atoms with van der Waals surface area (Å²) in [5.41, 5.74) is 5.74. The molecule has 1 aliphatic heterocycles. The number of hydrogen-bond donors (Lipinski definition) is 1. The van der Waals surface area contributed by atoms with Crippen molar-refractivity contribution in [1.82, 2.24) is 9.21 Å². The van der Waals surface area contributed by atoms with Gasteiger partial charge in [0.2, 0.25) is 10.0 Å². The van der Waals surface area contributed by atoms with E-state index >= 15 is 0 Å². The Morgan fingerprint density at radius 2 is 1.67 bits per heavy atom. The van der Waals surface area contributed by atoms with Crippen LogP contribution < -0.4 is 5.73 Å². The first-order chi connectivity index (χ1) is 14.2. The molecule has 0 unspecified atom stereocenters. The maximum Gasteiger partial charge on any atom is 0.340 e. The molecular formula is C19H19Cl2N3O5S. The highest BCUT2D eigenvalue weighted by molar-refractivity contribution is 7.89. The number of hydrogen-bond acceptors (Lipinski definition) is 6. The maximum absolute atomic E-state index is 12.6. The molecule has 1 fully saturated rings. The topological polar surface area (TPSA) is 110 Å². The lowest BCUT2D eigenvalue weighted by Crippen LogP contribution is -2.51. The number of rotatable bonds is 5. The van der Waals surface area contributed by atoms with E-state index in [1.807, 2.05) is 0 Å². The maximum atomic E-state index is 12.6. The monoisotopic (exact) mass is 471 g/mol. The van der Waals surface area contributed by atoms with Crippen molar-refractivity contribution in [2.45, 2.75) is 4.90 Å². The third-order valence-corrected chi connectivity index (χ3v) is 7.06. The molecule has 1 amide bonds. The van der Waals surface area contributed by atoms with Crippen LogP contribution in [0.2, 0.25) is 10.0 Å². The molecule has 0 radical (unpaired) electrons. The fourth-order valence-corrected chi connectivity index (χ4v) is 4.91. The van der Waals surface area contributed by atoms with Crippen molar-refractivity contribution in [1.29, 1.82) is 0 Å². The molecule has 1 heterocycles. The van der Waals surface area contributed by atoms with Crippen molar-refractivity contribution in [3.8, 4) is 0 Å². The molecule has 2 aromatic carbocycles. The number of amides is 1. The van der Waals surface area contributed by atoms with E-state index in [2.05, 4.69) is 0 Å². The molecule has 160 valence electrons. The lowest BCUT2D eigenvalue weighted by molar-refractivity contribution is -0.135. The summed E-state index contributed by atoms with van der Waals surface area (Å²) >= 11 is 11.8. The number of nitrogen functional groups attached to an aromatic ring is 1. The Balaban J connectivity index is 1.55. The van der Waals surface area contributed by atoms with Gasteiger partial charge < -0.3 is 15.4 Å². The lowest BCUT2D eigenvalue weighted by Gasteiger charge is -2.33. The molecule has 30 heavy (non-hydrogen) atoms. The van der Waals surface area contributed by atoms with Gasteiger partial charge in [-0.3, -0.25) is 4.79 Å². The number of halogens is 2. The predicted octanol–water partition coefficient (Wildman–Crippen LogP) is 2.27. The van der Waals surface area contributed by atoms with E-state index in [0.29, 0.717) is 0 Å². The minimum absolute atomic E-state index is 0.0123. The second kappa shape index (κ2) is 9.22. The summed E-state index contributed by atoms with van der Waals surface area (Å²) in [5, 5.41) is 0.319. The van der Waals surface area contributed by atoms with Gasteiger partial charge in [-0.25, -0.2) is 13.2 Å². The Kier molecular flexibility index (Phi) is 6.87. The second-order valence-corrected chi connectivity index (χ2v) is 9.30. The molecular weight excluding hydrogens is 453 g/mol. The van der Waals surface area contributed by atoms with Gasteiger partial charge in [-0.15, -0.1) is 0 Å². The number of sulfonamides is 1. The number of carbonyl (C=O) groups is 2. The van der Waals surface area contributed by atoms with Gasteiger partial charge in [-0.1, -0.05) is 41.4 Å². The number of benzene rings is 2. The Morgan fingerprint density at radius 3 is 2.30 bits per heavy atom. The Bertz CT molecular complexity index is 1060. The van der Waals surface area contributed by atoms with Gasteiger partial charge in [0.25, 0.3) is 5.91 Å². The van der Waals surface area contributed by atoms with Gasteiger partial charge in [0.1, 0.15) is 0 Å². The normalized spacial score (nSPS) is 15.1. The Labute approximate surface area is 184 Å². The third-order valence-electron chi connectivity index (χ3n) is 4.61. The lowest BCUT2D eigenvalue weighted by atomic mass is 10.2. The van der Waals surface area contributed by atoms with Crippen molar-refractivity contribution in [3.05, 3.63) is 58.1 Å². The van der Waals surface area contributed by atoms with Gasteiger partial charge in [-0.2, -0.15) is 4.31 Å². The van der Waals surface area contributed by atoms with E-state index in [-0.39, 0.29) is 52.4 Å². The SMILES string of the molecule is Nc1c(Cl)cc(Cl)cc1C(=O)OCC(=O)N1CCN(S(=O)(=O)c2ccccc2)CC1. The summed E-state index contributed by atoms with van der Waals surface area (Å²) in [7, 11) is -3.61. The largest absolute Gasteiger partial charge is 0.452 e. The van der Waals surface area contributed by atoms with Gasteiger partial charge in [0, 0.05) is 31.2 Å². The summed E-state index contributed by atoms with van der Waals surface area (Å²) in [6.45, 7) is 0.163. The zero-order chi connectivity index (χ0) is 21.9. The summed E-state index contributed by atoms with van der Waals surface area (Å²) in [4.78, 5) is 26.2. The summed E-state index contributed by atoms with van der Waals surface area (Å²) in [6.07, 6.45) is 0. The van der Waals surface area contributed by atoms with E-state index in [4.69, 9.17) is 33.7 Å². The standard InChI is InChI=1S/C19H19Cl2N3O5S/c20-13-10-15(18(22)16(21)11-13)19(26)29-12-17(25)23-6-8-24(9-7-23)30(27,28)14-4-2-1-3-5-14/h1-5,10-11H,6-9,12,22H2. The van der Waals surface area contributed by atoms with Crippen molar-refractivity contribution in [2.75, 3.05) is 38.5 Å². The quantitative estimate of drug-likeness (QED) is 0.528. The Morgan fingerprint density at radius 1 is 1.03 bits per heavy atom. The zero-order valence-corrected chi connectivity index (χ0v) is 18.1. The van der Waals surface area contributed by atoms with Crippen LogP contribution in [0.1, 0.15) is 10.4 Å². The van der Waals surface area contributed by atoms with Crippen LogP contribution in [0.15, 0.2) is 47.4 Å². The molecule has 0 saturated carbocycles. The van der Waals surface area contributed by atoms with Gasteiger partial charge in [0.05, 0.1) is 21.2 Å². The Hall–Kier alpha value is -2.33. The first-order valence-electron chi connectivity index (χ1n) is 8.95. The van der Waals surface area contributed by atoms with Gasteiger partial charge in [0.15, 0.2) is 6.61 Å². The molecule has 3 rings (SSSR count). The molecule has 0 aliphatic carbocycles. The van der Waals surface area contributed by atoms with Crippen molar-refractivity contribution >= 4 is 50.8 Å². The van der Waals surface area contributed by atoms with E-state index in [1.165, 1.54) is 33.5 Å². The minimum Gasteiger partial charge on any atom is -0.452 e. The number of anilines is 1. The molecule has 2 N–H and O–H groups in total. The number of esters is 1. The first kappa shape index (κ1) is 22.4. The smallest absolute Gasteiger partial charge is 0.340 e. The van der Waals surface area contributed by atoms with E-state index in [9.17, 15) is 18.0 Å². The van der Waals surface area contributed by atoms with Crippen LogP contribution in [0.5, 0.6) is 0 Å². The summed E-state index contributed by atoms with van der Waals surface area (Å²) in [6, 6.07) is 10.8. The minimum atomic E-state index is -3.61. The van der Waals surface area contributed by atoms with Crippen LogP contribution in [0.3, 0.4) is 0 Å². The van der Waals surface area contributed by atoms with Gasteiger partial charge >= 0.3 is 5.97 Å². The molecule has 1 aliphatic rings. The van der Waals surface area contributed by atoms with Gasteiger partial charge in [-0.05, 0) is 24.3 Å². The second-order valence-electron chi connectivity index (χ2n) is 6.52. The molecule has 0 atom stereocenters. The molecule has 0 bridgehead atoms. The molecule has 0 spiro atoms. The molecule has 0 aromatic heterocycles. The number of nitrogens with zero attached hydrogens (tertiary/aromatic N) is 2. The van der Waals surface area contributed by atoms with E-state index in [0.717, 1.165) is 0 Å². The average Bonchev–Trinajstić information content (AvgIpc) is 2.75. The van der Waals surface area contributed by atoms with E-state index < -0.39 is 28.5 Å². The van der Waals surface area contributed by atoms with Crippen LogP contribution in [0, 0.1) is 0 Å². The van der Waals surface area contributed by atoms with Crippen LogP contribution >= 0.6 is 23.2 Å². The van der Waals surface area contributed by atoms with E-state index in [1.54, 1.807) is 18.2 Å². The third kappa shape index (κ3) is 4.86. The highest BCUT2D eigenvalue weighted by Crippen LogP contribution is 2.28. The number of ether oxygens (including phenoxy) is 1. The summed E-state index contributed by atoms with van der Waals surface area (Å²) in [5.74, 6) is -1.26. The van der Waals surface area contributed by atoms with Crippen molar-refractivity contribution in [3.63, 3.8) is 0 Å². The van der Waals surface area contributed by atoms with Crippen molar-refractivity contribution in [2.24, 2.45) is 0 Å². The van der Waals surface area contributed by atoms with Crippen LogP contribution in [-0.2, 0) is 19.6 Å². The summed E-state index contributed by atoms with van der Waals surface area (Å²) < 4.78 is 31.6. The van der Waals surface area contributed by atoms with Crippen LogP contribution in [-0.4, -0.2) is 62.3 Å². The van der Waals surface area contributed by atoms with Crippen molar-refractivity contribution < 1.29 is 22.7 Å². The first-order valence-corrected chi connectivity index (χ1v) is 11.1. The van der Waals surface area contributed by atoms with Crippen LogP contribution in [0.4, 0.5) is 5.69 Å². The zero-order valence-electron chi connectivity index (χ0n) is 15.8. The predicted molar refractivity (Wildman–Crippen MR) is 113 cm³/mol. The molecule has 11 heteroatoms. The fraction of sp³-hybridized carbons (Fsp3) is 0.263. The average molecular weight is 472 g/mol. The van der Waals surface area contributed by atoms with Crippen LogP contribution in [0.25, 0.3) is 0 Å². The molecule has 2 aromatic rings.